The van der Waals surface area contributed by atoms with Crippen LogP contribution in [-0.4, -0.2) is 29.8 Å². The normalized spacial score (nSPS) is 12.0. The molecular formula is C25H26F2O5S2. The van der Waals surface area contributed by atoms with Gasteiger partial charge in [-0.05, 0) is 64.1 Å². The topological polar surface area (TPSA) is 83.5 Å². The SMILES string of the molecule is CC(C)(C)OC(=O)C(F)(F)S(=O)(=O)[O-].Cc1ccc([S+](c2ccccc2)c2ccccc2)cc1. The summed E-state index contributed by atoms with van der Waals surface area (Å²) in [6.45, 7) is 5.92. The van der Waals surface area contributed by atoms with Gasteiger partial charge in [-0.2, -0.15) is 8.78 Å². The summed E-state index contributed by atoms with van der Waals surface area (Å²) >= 11 is 0. The van der Waals surface area contributed by atoms with Crippen molar-refractivity contribution in [1.29, 1.82) is 0 Å². The van der Waals surface area contributed by atoms with Crippen molar-refractivity contribution in [2.24, 2.45) is 0 Å². The number of esters is 1. The van der Waals surface area contributed by atoms with E-state index in [2.05, 4.69) is 96.6 Å². The van der Waals surface area contributed by atoms with Gasteiger partial charge in [0.05, 0.1) is 10.9 Å². The molecule has 0 saturated carbocycles. The van der Waals surface area contributed by atoms with Gasteiger partial charge in [-0.3, -0.25) is 0 Å². The molecule has 0 saturated heterocycles. The first-order valence-corrected chi connectivity index (χ1v) is 12.8. The Labute approximate surface area is 201 Å². The zero-order valence-corrected chi connectivity index (χ0v) is 20.8. The number of ether oxygens (including phenoxy) is 1. The molecule has 182 valence electrons. The van der Waals surface area contributed by atoms with E-state index >= 15 is 0 Å². The fourth-order valence-electron chi connectivity index (χ4n) is 2.64. The van der Waals surface area contributed by atoms with Crippen molar-refractivity contribution in [3.05, 3.63) is 90.5 Å². The lowest BCUT2D eigenvalue weighted by atomic mass is 10.2. The van der Waals surface area contributed by atoms with Crippen LogP contribution in [0.25, 0.3) is 0 Å². The molecule has 5 nitrogen and oxygen atoms in total. The predicted octanol–water partition coefficient (Wildman–Crippen LogP) is 5.56. The molecule has 3 aromatic carbocycles. The summed E-state index contributed by atoms with van der Waals surface area (Å²) in [5, 5.41) is -5.04. The fraction of sp³-hybridized carbons (Fsp3) is 0.240. The number of hydrogen-bond donors (Lipinski definition) is 0. The molecule has 0 amide bonds. The predicted molar refractivity (Wildman–Crippen MR) is 127 cm³/mol. The molecule has 0 aliphatic heterocycles. The highest BCUT2D eigenvalue weighted by Gasteiger charge is 2.49. The van der Waals surface area contributed by atoms with E-state index in [9.17, 15) is 26.5 Å². The zero-order valence-electron chi connectivity index (χ0n) is 19.2. The molecule has 0 spiro atoms. The number of alkyl halides is 2. The summed E-state index contributed by atoms with van der Waals surface area (Å²) in [4.78, 5) is 14.7. The Bertz CT molecular complexity index is 1140. The van der Waals surface area contributed by atoms with E-state index in [1.54, 1.807) is 0 Å². The minimum Gasteiger partial charge on any atom is -0.743 e. The number of rotatable bonds is 5. The smallest absolute Gasteiger partial charge is 0.428 e. The number of hydrogen-bond acceptors (Lipinski definition) is 5. The molecule has 0 fully saturated rings. The maximum Gasteiger partial charge on any atom is 0.428 e. The second kappa shape index (κ2) is 11.1. The summed E-state index contributed by atoms with van der Waals surface area (Å²) in [6.07, 6.45) is 0. The van der Waals surface area contributed by atoms with E-state index in [4.69, 9.17) is 0 Å². The summed E-state index contributed by atoms with van der Waals surface area (Å²) in [5.41, 5.74) is 0.0176. The number of benzene rings is 3. The van der Waals surface area contributed by atoms with Crippen molar-refractivity contribution in [2.75, 3.05) is 0 Å². The maximum atomic E-state index is 12.5. The van der Waals surface area contributed by atoms with Crippen LogP contribution < -0.4 is 0 Å². The minimum absolute atomic E-state index is 0.0229. The van der Waals surface area contributed by atoms with Crippen molar-refractivity contribution in [3.63, 3.8) is 0 Å². The summed E-state index contributed by atoms with van der Waals surface area (Å²) in [5.74, 6) is -2.36. The van der Waals surface area contributed by atoms with Crippen molar-refractivity contribution in [2.45, 2.75) is 53.2 Å². The molecular weight excluding hydrogens is 482 g/mol. The van der Waals surface area contributed by atoms with Crippen LogP contribution in [0.4, 0.5) is 8.78 Å². The fourth-order valence-corrected chi connectivity index (χ4v) is 4.96. The molecule has 0 atom stereocenters. The van der Waals surface area contributed by atoms with Crippen LogP contribution in [0.15, 0.2) is 99.6 Å². The molecule has 0 aliphatic carbocycles. The molecule has 0 unspecified atom stereocenters. The summed E-state index contributed by atoms with van der Waals surface area (Å²) in [7, 11) is -6.05. The molecule has 0 aliphatic rings. The zero-order chi connectivity index (χ0) is 25.6. The molecule has 3 rings (SSSR count). The summed E-state index contributed by atoms with van der Waals surface area (Å²) in [6, 6.07) is 30.4. The standard InChI is InChI=1S/C19H17S.C6H10F2O5S/c1-16-12-14-19(15-13-16)20(17-8-4-2-5-9-17)18-10-6-3-7-11-18;1-5(2,3)13-4(9)6(7,8)14(10,11)12/h2-15H,1H3;1-3H3,(H,10,11,12)/q+1;/p-1. The monoisotopic (exact) mass is 508 g/mol. The Morgan fingerprint density at radius 2 is 1.18 bits per heavy atom. The third kappa shape index (κ3) is 7.65. The van der Waals surface area contributed by atoms with Gasteiger partial charge in [0.1, 0.15) is 5.60 Å². The lowest BCUT2D eigenvalue weighted by molar-refractivity contribution is -0.173. The number of aryl methyl sites for hydroxylation is 1. The Kier molecular flexibility index (Phi) is 8.99. The van der Waals surface area contributed by atoms with Crippen LogP contribution in [0.5, 0.6) is 0 Å². The highest BCUT2D eigenvalue weighted by molar-refractivity contribution is 7.97. The van der Waals surface area contributed by atoms with Crippen molar-refractivity contribution in [1.82, 2.24) is 0 Å². The number of carbonyl (C=O) groups excluding carboxylic acids is 1. The van der Waals surface area contributed by atoms with Gasteiger partial charge in [0, 0.05) is 0 Å². The first-order chi connectivity index (χ1) is 15.7. The second-order valence-electron chi connectivity index (χ2n) is 8.22. The Balaban J connectivity index is 0.000000259. The second-order valence-corrected chi connectivity index (χ2v) is 11.7. The van der Waals surface area contributed by atoms with Crippen LogP contribution in [0.1, 0.15) is 26.3 Å². The van der Waals surface area contributed by atoms with Crippen LogP contribution in [0.2, 0.25) is 0 Å². The minimum atomic E-state index is -6.03. The van der Waals surface area contributed by atoms with Crippen molar-refractivity contribution in [3.8, 4) is 0 Å². The molecule has 0 aromatic heterocycles. The van der Waals surface area contributed by atoms with E-state index in [-0.39, 0.29) is 10.9 Å². The largest absolute Gasteiger partial charge is 0.743 e. The van der Waals surface area contributed by atoms with Crippen molar-refractivity contribution < 1.29 is 31.3 Å². The van der Waals surface area contributed by atoms with E-state index in [0.717, 1.165) is 0 Å². The lowest BCUT2D eigenvalue weighted by Gasteiger charge is -2.24. The number of carbonyl (C=O) groups is 1. The highest BCUT2D eigenvalue weighted by atomic mass is 32.2. The molecule has 34 heavy (non-hydrogen) atoms. The van der Waals surface area contributed by atoms with E-state index in [1.165, 1.54) is 41.0 Å². The lowest BCUT2D eigenvalue weighted by Crippen LogP contribution is -2.42. The molecule has 3 aromatic rings. The van der Waals surface area contributed by atoms with E-state index < -0.39 is 26.9 Å². The average molecular weight is 509 g/mol. The van der Waals surface area contributed by atoms with Gasteiger partial charge in [-0.1, -0.05) is 54.1 Å². The van der Waals surface area contributed by atoms with Gasteiger partial charge in [-0.25, -0.2) is 13.2 Å². The molecule has 0 heterocycles. The van der Waals surface area contributed by atoms with Gasteiger partial charge in [0.2, 0.25) is 0 Å². The average Bonchev–Trinajstić information content (AvgIpc) is 2.75. The van der Waals surface area contributed by atoms with Gasteiger partial charge in [0.25, 0.3) is 0 Å². The Hall–Kier alpha value is -2.75. The van der Waals surface area contributed by atoms with E-state index in [1.807, 2.05) is 0 Å². The first-order valence-electron chi connectivity index (χ1n) is 10.2. The third-order valence-electron chi connectivity index (χ3n) is 4.17. The summed E-state index contributed by atoms with van der Waals surface area (Å²) < 4.78 is 58.9. The van der Waals surface area contributed by atoms with Gasteiger partial charge in [0.15, 0.2) is 24.8 Å². The van der Waals surface area contributed by atoms with Crippen LogP contribution in [0, 0.1) is 6.92 Å². The Morgan fingerprint density at radius 3 is 1.53 bits per heavy atom. The van der Waals surface area contributed by atoms with Gasteiger partial charge < -0.3 is 9.29 Å². The van der Waals surface area contributed by atoms with E-state index in [0.29, 0.717) is 0 Å². The highest BCUT2D eigenvalue weighted by Crippen LogP contribution is 2.31. The van der Waals surface area contributed by atoms with Crippen LogP contribution in [0.3, 0.4) is 0 Å². The molecule has 0 bridgehead atoms. The molecule has 0 N–H and O–H groups in total. The Morgan fingerprint density at radius 1 is 0.794 bits per heavy atom. The van der Waals surface area contributed by atoms with Crippen molar-refractivity contribution >= 4 is 27.0 Å². The van der Waals surface area contributed by atoms with Crippen LogP contribution in [-0.2, 0) is 30.5 Å². The van der Waals surface area contributed by atoms with Crippen LogP contribution >= 0.6 is 0 Å². The van der Waals surface area contributed by atoms with Gasteiger partial charge in [-0.15, -0.1) is 0 Å². The molecule has 9 heteroatoms. The maximum absolute atomic E-state index is 12.5. The van der Waals surface area contributed by atoms with Gasteiger partial charge >= 0.3 is 11.2 Å². The molecule has 0 radical (unpaired) electrons. The first kappa shape index (κ1) is 27.5. The quantitative estimate of drug-likeness (QED) is 0.256. The number of halogens is 2. The third-order valence-corrected chi connectivity index (χ3v) is 7.19.